The summed E-state index contributed by atoms with van der Waals surface area (Å²) in [5.41, 5.74) is 0.448. The van der Waals surface area contributed by atoms with Crippen molar-refractivity contribution in [3.05, 3.63) is 28.4 Å². The minimum Gasteiger partial charge on any atom is -0.434 e. The number of nitrogens with zero attached hydrogens (tertiary/aromatic N) is 2. The van der Waals surface area contributed by atoms with Crippen molar-refractivity contribution in [1.82, 2.24) is 10.3 Å². The molecular weight excluding hydrogens is 645 g/mol. The minimum absolute atomic E-state index is 0.0291. The van der Waals surface area contributed by atoms with E-state index in [1.807, 2.05) is 13.6 Å². The van der Waals surface area contributed by atoms with E-state index in [0.29, 0.717) is 17.0 Å². The molecule has 1 amide bonds. The number of nitrogens with one attached hydrogen (secondary N) is 1. The van der Waals surface area contributed by atoms with E-state index in [9.17, 15) is 24.8 Å². The average Bonchev–Trinajstić information content (AvgIpc) is 2.95. The van der Waals surface area contributed by atoms with E-state index in [2.05, 4.69) is 79.5 Å². The molecule has 47 heavy (non-hydrogen) atoms. The van der Waals surface area contributed by atoms with Gasteiger partial charge in [-0.25, -0.2) is 9.78 Å². The van der Waals surface area contributed by atoms with Gasteiger partial charge in [0.05, 0.1) is 24.0 Å². The highest BCUT2D eigenvalue weighted by atomic mass is 33.1. The molecule has 1 aromatic heterocycles. The van der Waals surface area contributed by atoms with Gasteiger partial charge in [0.2, 0.25) is 5.91 Å². The van der Waals surface area contributed by atoms with Crippen molar-refractivity contribution in [1.29, 1.82) is 0 Å². The molecule has 12 nitrogen and oxygen atoms in total. The lowest BCUT2D eigenvalue weighted by molar-refractivity contribution is -0.385. The molecule has 2 atom stereocenters. The van der Waals surface area contributed by atoms with Crippen LogP contribution in [0.5, 0.6) is 0 Å². The molecule has 0 aliphatic heterocycles. The number of amides is 1. The molecule has 0 bridgehead atoms. The predicted molar refractivity (Wildman–Crippen MR) is 193 cm³/mol. The monoisotopic (exact) mass is 705 g/mol. The van der Waals surface area contributed by atoms with Gasteiger partial charge in [-0.05, 0) is 60.8 Å². The Labute approximate surface area is 290 Å². The summed E-state index contributed by atoms with van der Waals surface area (Å²) >= 11 is 0. The van der Waals surface area contributed by atoms with E-state index < -0.39 is 30.0 Å². The van der Waals surface area contributed by atoms with Crippen LogP contribution in [0, 0.1) is 27.4 Å². The second-order valence-electron chi connectivity index (χ2n) is 14.0. The standard InChI is InChI=1S/C21H34BN3O9S2.C7H16.C4H10/c1-21(2,36-35-18-7-6-15(12-24-18)25(30)31)9-5-10-23-17(27)8-11-32-20(29)33-14-19(28)34-16(13-26)22(3)4;1-6(2)7(3,4)5;1-4(2)3/h6-7,12,16,19,26,28H,5,8-11,13-14H2,1-4H3,(H,23,27);6H,1-5H3;4H,1-3H3. The van der Waals surface area contributed by atoms with Crippen LogP contribution in [-0.4, -0.2) is 82.3 Å². The first-order valence-corrected chi connectivity index (χ1v) is 18.2. The van der Waals surface area contributed by atoms with E-state index in [4.69, 9.17) is 19.3 Å². The summed E-state index contributed by atoms with van der Waals surface area (Å²) in [4.78, 5) is 37.8. The molecule has 0 radical (unpaired) electrons. The van der Waals surface area contributed by atoms with Crippen LogP contribution in [0.25, 0.3) is 0 Å². The number of aliphatic hydroxyl groups is 2. The molecule has 0 fully saturated rings. The Morgan fingerprint density at radius 3 is 2.11 bits per heavy atom. The van der Waals surface area contributed by atoms with Gasteiger partial charge in [-0.3, -0.25) is 14.9 Å². The largest absolute Gasteiger partial charge is 0.508 e. The molecule has 0 aromatic carbocycles. The van der Waals surface area contributed by atoms with Crippen molar-refractivity contribution in [2.24, 2.45) is 17.3 Å². The fourth-order valence-corrected chi connectivity index (χ4v) is 4.85. The molecule has 0 saturated heterocycles. The first-order chi connectivity index (χ1) is 21.6. The van der Waals surface area contributed by atoms with E-state index in [1.165, 1.54) is 23.1 Å². The van der Waals surface area contributed by atoms with Crippen molar-refractivity contribution in [2.45, 2.75) is 124 Å². The maximum absolute atomic E-state index is 11.9. The maximum atomic E-state index is 11.9. The minimum atomic E-state index is -1.40. The number of carbonyl (C=O) groups is 2. The second-order valence-corrected chi connectivity index (χ2v) is 16.8. The van der Waals surface area contributed by atoms with Crippen LogP contribution in [0.2, 0.25) is 13.6 Å². The first kappa shape index (κ1) is 47.1. The number of rotatable bonds is 17. The topological polar surface area (TPSA) is 170 Å². The fraction of sp³-hybridized carbons (Fsp3) is 0.781. The van der Waals surface area contributed by atoms with Gasteiger partial charge in [-0.1, -0.05) is 79.8 Å². The smallest absolute Gasteiger partial charge is 0.434 e. The summed E-state index contributed by atoms with van der Waals surface area (Å²) in [7, 11) is 3.03. The van der Waals surface area contributed by atoms with Crippen LogP contribution < -0.4 is 5.32 Å². The maximum Gasteiger partial charge on any atom is 0.508 e. The SMILES string of the molecule is CB(C)C(CO)OC(O)COC(=O)OCCC(=O)NCCCC(C)(C)SSc1ccc([N+](=O)[O-])cn1.CC(C)C.CC(C)C(C)(C)C. The Hall–Kier alpha value is -2.07. The second kappa shape index (κ2) is 25.0. The van der Waals surface area contributed by atoms with Crippen LogP contribution in [0.4, 0.5) is 10.5 Å². The van der Waals surface area contributed by atoms with E-state index in [1.54, 1.807) is 16.9 Å². The fourth-order valence-electron chi connectivity index (χ4n) is 2.62. The summed E-state index contributed by atoms with van der Waals surface area (Å²) < 4.78 is 14.6. The van der Waals surface area contributed by atoms with E-state index in [0.717, 1.165) is 24.7 Å². The molecule has 0 spiro atoms. The number of nitro groups is 1. The van der Waals surface area contributed by atoms with Crippen molar-refractivity contribution >= 4 is 46.1 Å². The van der Waals surface area contributed by atoms with Crippen LogP contribution in [0.3, 0.4) is 0 Å². The Morgan fingerprint density at radius 1 is 1.09 bits per heavy atom. The van der Waals surface area contributed by atoms with Crippen LogP contribution >= 0.6 is 21.6 Å². The van der Waals surface area contributed by atoms with Crippen molar-refractivity contribution in [3.8, 4) is 0 Å². The lowest BCUT2D eigenvalue weighted by Crippen LogP contribution is -2.37. The molecule has 15 heteroatoms. The number of pyridine rings is 1. The number of carbonyl (C=O) groups excluding carboxylic acids is 2. The lowest BCUT2D eigenvalue weighted by Gasteiger charge is -2.22. The van der Waals surface area contributed by atoms with Gasteiger partial charge in [-0.2, -0.15) is 0 Å². The molecule has 0 aliphatic rings. The van der Waals surface area contributed by atoms with Gasteiger partial charge >= 0.3 is 6.16 Å². The number of aromatic nitrogens is 1. The van der Waals surface area contributed by atoms with Crippen molar-refractivity contribution in [3.63, 3.8) is 0 Å². The molecule has 3 N–H and O–H groups in total. The molecule has 1 aromatic rings. The number of ether oxygens (including phenoxy) is 3. The van der Waals surface area contributed by atoms with Crippen LogP contribution in [0.15, 0.2) is 23.4 Å². The molecule has 0 saturated carbocycles. The molecule has 1 heterocycles. The van der Waals surface area contributed by atoms with Gasteiger partial charge in [0.15, 0.2) is 13.0 Å². The van der Waals surface area contributed by atoms with Gasteiger partial charge in [-0.15, -0.1) is 0 Å². The third-order valence-electron chi connectivity index (χ3n) is 6.44. The highest BCUT2D eigenvalue weighted by Crippen LogP contribution is 2.42. The Balaban J connectivity index is 0. The van der Waals surface area contributed by atoms with Gasteiger partial charge in [0, 0.05) is 17.4 Å². The Morgan fingerprint density at radius 2 is 1.66 bits per heavy atom. The third kappa shape index (κ3) is 27.6. The number of hydrogen-bond donors (Lipinski definition) is 3. The quantitative estimate of drug-likeness (QED) is 0.0282. The molecule has 272 valence electrons. The zero-order valence-corrected chi connectivity index (χ0v) is 32.2. The third-order valence-corrected chi connectivity index (χ3v) is 9.71. The van der Waals surface area contributed by atoms with Gasteiger partial charge in [0.1, 0.15) is 24.4 Å². The highest BCUT2D eigenvalue weighted by Gasteiger charge is 2.22. The van der Waals surface area contributed by atoms with Crippen LogP contribution in [-0.2, 0) is 19.0 Å². The van der Waals surface area contributed by atoms with Crippen molar-refractivity contribution in [2.75, 3.05) is 26.4 Å². The number of aliphatic hydroxyl groups excluding tert-OH is 2. The summed E-state index contributed by atoms with van der Waals surface area (Å²) in [6.07, 6.45) is 0.299. The summed E-state index contributed by atoms with van der Waals surface area (Å²) in [5.74, 6) is 1.36. The molecule has 2 unspecified atom stereocenters. The van der Waals surface area contributed by atoms with E-state index >= 15 is 0 Å². The Bertz CT molecular complexity index is 1010. The van der Waals surface area contributed by atoms with Crippen LogP contribution in [0.1, 0.15) is 88.5 Å². The number of hydrogen-bond acceptors (Lipinski definition) is 12. The summed E-state index contributed by atoms with van der Waals surface area (Å²) in [5, 5.41) is 33.0. The molecular formula is C32H60BN3O9S2. The first-order valence-electron chi connectivity index (χ1n) is 16.1. The van der Waals surface area contributed by atoms with Gasteiger partial charge in [0.25, 0.3) is 5.69 Å². The summed E-state index contributed by atoms with van der Waals surface area (Å²) in [6, 6.07) is 2.44. The molecule has 1 rings (SSSR count). The summed E-state index contributed by atoms with van der Waals surface area (Å²) in [6.45, 7) is 25.1. The lowest BCUT2D eigenvalue weighted by atomic mass is 9.50. The molecule has 0 aliphatic carbocycles. The zero-order valence-electron chi connectivity index (χ0n) is 30.5. The Kier molecular flexibility index (Phi) is 25.0. The predicted octanol–water partition coefficient (Wildman–Crippen LogP) is 7.29. The van der Waals surface area contributed by atoms with E-state index in [-0.39, 0.29) is 42.7 Å². The average molecular weight is 706 g/mol. The zero-order chi connectivity index (χ0) is 36.8. The highest BCUT2D eigenvalue weighted by molar-refractivity contribution is 8.77. The normalized spacial score (nSPS) is 12.6. The van der Waals surface area contributed by atoms with Crippen molar-refractivity contribution < 1.29 is 38.9 Å². The van der Waals surface area contributed by atoms with Gasteiger partial charge < -0.3 is 29.7 Å².